The number of ether oxygens (including phenoxy) is 7. The molecule has 0 bridgehead atoms. The van der Waals surface area contributed by atoms with Gasteiger partial charge < -0.3 is 69.3 Å². The van der Waals surface area contributed by atoms with E-state index in [4.69, 9.17) is 33.2 Å². The summed E-state index contributed by atoms with van der Waals surface area (Å²) in [5.41, 5.74) is -6.35. The quantitative estimate of drug-likeness (QED) is 0.0951. The third-order valence-electron chi connectivity index (χ3n) is 16.2. The molecule has 410 valence electrons. The van der Waals surface area contributed by atoms with Crippen molar-refractivity contribution in [1.82, 2.24) is 14.9 Å². The Bertz CT molecular complexity index is 1940. The summed E-state index contributed by atoms with van der Waals surface area (Å²) in [5, 5.41) is 67.8. The summed E-state index contributed by atoms with van der Waals surface area (Å²) in [6, 6.07) is 4.13. The largest absolute Gasteiger partial charge is 0.497 e. The Balaban J connectivity index is 1.61. The van der Waals surface area contributed by atoms with Gasteiger partial charge in [-0.2, -0.15) is 4.31 Å². The summed E-state index contributed by atoms with van der Waals surface area (Å²) in [4.78, 5) is 14.7. The Kier molecular flexibility index (Phi) is 20.8. The SMILES string of the molecule is CCCNC[C@]1(O)[C@H](C)O[C@@H](OC2C(C)C(=O)O[C@H](CC)[C@@](C)(O)[C@H](O)[C@@H](C)NC[C@H](C)C[C@@](C)(O)[C@H](OC3O[C@H](C)C[C@H](N(C4CCCCC4)S(=O)(=O)c4ccc(OC)cc4)C3O)[C@H]2C)C[C@@]1(C)OC. The summed E-state index contributed by atoms with van der Waals surface area (Å²) in [7, 11) is -1.19. The Hall–Kier alpha value is -2.08. The fourth-order valence-corrected chi connectivity index (χ4v) is 13.7. The van der Waals surface area contributed by atoms with Crippen molar-refractivity contribution < 1.29 is 71.9 Å². The number of nitrogens with zero attached hydrogens (tertiary/aromatic N) is 1. The minimum atomic E-state index is -4.21. The average molecular weight is 1030 g/mol. The topological polar surface area (TPSA) is 244 Å². The number of carbonyl (C=O) groups is 1. The van der Waals surface area contributed by atoms with Crippen LogP contribution in [0.4, 0.5) is 0 Å². The van der Waals surface area contributed by atoms with E-state index in [1.165, 1.54) is 37.6 Å². The smallest absolute Gasteiger partial charge is 0.311 e. The molecule has 4 unspecified atom stereocenters. The molecule has 3 heterocycles. The van der Waals surface area contributed by atoms with Crippen molar-refractivity contribution in [3.8, 4) is 5.75 Å². The number of sulfonamides is 1. The molecule has 0 spiro atoms. The van der Waals surface area contributed by atoms with Crippen LogP contribution in [-0.4, -0.2) is 174 Å². The first kappa shape index (κ1) is 59.8. The molecular formula is C52H91N3O15S. The number of rotatable bonds is 15. The summed E-state index contributed by atoms with van der Waals surface area (Å²) < 4.78 is 75.7. The van der Waals surface area contributed by atoms with Crippen LogP contribution in [0, 0.1) is 17.8 Å². The van der Waals surface area contributed by atoms with Crippen molar-refractivity contribution in [3.63, 3.8) is 0 Å². The van der Waals surface area contributed by atoms with Gasteiger partial charge in [-0.15, -0.1) is 0 Å². The molecule has 7 N–H and O–H groups in total. The van der Waals surface area contributed by atoms with Crippen LogP contribution in [0.1, 0.15) is 140 Å². The van der Waals surface area contributed by atoms with E-state index in [2.05, 4.69) is 10.6 Å². The van der Waals surface area contributed by atoms with Gasteiger partial charge in [-0.3, -0.25) is 4.79 Å². The van der Waals surface area contributed by atoms with Gasteiger partial charge in [0.05, 0.1) is 54.0 Å². The van der Waals surface area contributed by atoms with Crippen molar-refractivity contribution in [2.45, 2.75) is 241 Å². The van der Waals surface area contributed by atoms with E-state index < -0.39 is 124 Å². The lowest BCUT2D eigenvalue weighted by Crippen LogP contribution is -2.70. The van der Waals surface area contributed by atoms with Gasteiger partial charge in [0.1, 0.15) is 40.9 Å². The van der Waals surface area contributed by atoms with E-state index in [1.54, 1.807) is 67.5 Å². The van der Waals surface area contributed by atoms with Crippen LogP contribution in [0.25, 0.3) is 0 Å². The van der Waals surface area contributed by atoms with Gasteiger partial charge in [-0.25, -0.2) is 8.42 Å². The standard InChI is InChI=1S/C52H91N3O15S/c1-14-25-53-30-52(61)36(8)67-42(28-50(52,10)65-13)69-44-33(5)46(49(9,59)27-31(3)29-54-35(7)45(57)51(11,60)41(15-2)68-47(58)34(44)6)70-48-43(56)40(26-32(4)66-48)55(37-19-17-16-18-20-37)71(62,63)39-23-21-38(64-12)22-24-39/h21-24,31-37,40-46,48,53-54,56-57,59-61H,14-20,25-30H2,1-13H3/t31-,32-,33+,34?,35-,36+,40+,41-,42+,43?,44?,45-,46-,48?,49-,50-,51-,52+/m1/s1. The molecule has 4 aliphatic rings. The second-order valence-corrected chi connectivity index (χ2v) is 23.9. The van der Waals surface area contributed by atoms with E-state index in [0.717, 1.165) is 25.7 Å². The van der Waals surface area contributed by atoms with Crippen LogP contribution in [0.5, 0.6) is 5.75 Å². The zero-order valence-corrected chi connectivity index (χ0v) is 45.7. The van der Waals surface area contributed by atoms with E-state index in [-0.39, 0.29) is 43.0 Å². The normalized spacial score (nSPS) is 42.0. The molecule has 1 aromatic rings. The Morgan fingerprint density at radius 3 is 2.14 bits per heavy atom. The minimum Gasteiger partial charge on any atom is -0.497 e. The number of esters is 1. The highest BCUT2D eigenvalue weighted by Gasteiger charge is 2.59. The molecule has 3 saturated heterocycles. The number of hydrogen-bond donors (Lipinski definition) is 7. The third-order valence-corrected chi connectivity index (χ3v) is 18.2. The Morgan fingerprint density at radius 1 is 0.901 bits per heavy atom. The van der Waals surface area contributed by atoms with E-state index in [0.29, 0.717) is 31.7 Å². The fraction of sp³-hybridized carbons (Fsp3) is 0.865. The molecule has 18 nitrogen and oxygen atoms in total. The lowest BCUT2D eigenvalue weighted by molar-refractivity contribution is -0.336. The van der Waals surface area contributed by atoms with Gasteiger partial charge in [0.2, 0.25) is 10.0 Å². The first-order valence-electron chi connectivity index (χ1n) is 26.2. The zero-order valence-electron chi connectivity index (χ0n) is 44.8. The molecular weight excluding hydrogens is 939 g/mol. The summed E-state index contributed by atoms with van der Waals surface area (Å²) in [6.07, 6.45) is -5.44. The lowest BCUT2D eigenvalue weighted by Gasteiger charge is -2.53. The van der Waals surface area contributed by atoms with Crippen LogP contribution < -0.4 is 15.4 Å². The predicted molar refractivity (Wildman–Crippen MR) is 267 cm³/mol. The number of aliphatic hydroxyl groups is 5. The number of methoxy groups -OCH3 is 2. The summed E-state index contributed by atoms with van der Waals surface area (Å²) in [5.74, 6) is -2.64. The molecule has 18 atom stereocenters. The maximum absolute atomic E-state index is 14.9. The molecule has 19 heteroatoms. The maximum atomic E-state index is 14.9. The molecule has 1 aromatic carbocycles. The van der Waals surface area contributed by atoms with Crippen LogP contribution in [-0.2, 0) is 43.2 Å². The first-order chi connectivity index (χ1) is 33.2. The van der Waals surface area contributed by atoms with Crippen LogP contribution in [0.15, 0.2) is 29.2 Å². The molecule has 0 aromatic heterocycles. The number of cyclic esters (lactones) is 1. The molecule has 0 radical (unpaired) electrons. The van der Waals surface area contributed by atoms with E-state index >= 15 is 0 Å². The lowest BCUT2D eigenvalue weighted by atomic mass is 9.75. The van der Waals surface area contributed by atoms with Crippen LogP contribution in [0.3, 0.4) is 0 Å². The van der Waals surface area contributed by atoms with Crippen molar-refractivity contribution in [2.75, 3.05) is 33.9 Å². The number of carbonyl (C=O) groups excluding carboxylic acids is 1. The van der Waals surface area contributed by atoms with Gasteiger partial charge in [-0.05, 0) is 130 Å². The van der Waals surface area contributed by atoms with Crippen molar-refractivity contribution in [2.24, 2.45) is 17.8 Å². The highest BCUT2D eigenvalue weighted by Crippen LogP contribution is 2.44. The van der Waals surface area contributed by atoms with Crippen molar-refractivity contribution in [3.05, 3.63) is 24.3 Å². The second kappa shape index (κ2) is 24.7. The number of benzene rings is 1. The van der Waals surface area contributed by atoms with E-state index in [1.807, 2.05) is 13.8 Å². The van der Waals surface area contributed by atoms with Gasteiger partial charge in [0, 0.05) is 38.1 Å². The molecule has 4 fully saturated rings. The highest BCUT2D eigenvalue weighted by molar-refractivity contribution is 7.89. The average Bonchev–Trinajstić information content (AvgIpc) is 3.33. The Morgan fingerprint density at radius 2 is 1.55 bits per heavy atom. The first-order valence-corrected chi connectivity index (χ1v) is 27.7. The summed E-state index contributed by atoms with van der Waals surface area (Å²) in [6.45, 7) is 20.3. The van der Waals surface area contributed by atoms with Crippen LogP contribution in [0.2, 0.25) is 0 Å². The molecule has 5 rings (SSSR count). The number of nitrogens with one attached hydrogen (secondary N) is 2. The maximum Gasteiger partial charge on any atom is 0.311 e. The van der Waals surface area contributed by atoms with Crippen molar-refractivity contribution >= 4 is 16.0 Å². The molecule has 71 heavy (non-hydrogen) atoms. The van der Waals surface area contributed by atoms with Gasteiger partial charge in [0.15, 0.2) is 12.6 Å². The second-order valence-electron chi connectivity index (χ2n) is 22.0. The van der Waals surface area contributed by atoms with Crippen molar-refractivity contribution in [1.29, 1.82) is 0 Å². The minimum absolute atomic E-state index is 0.0213. The highest BCUT2D eigenvalue weighted by atomic mass is 32.2. The predicted octanol–water partition coefficient (Wildman–Crippen LogP) is 4.40. The Labute approximate surface area is 424 Å². The molecule has 3 aliphatic heterocycles. The molecule has 1 saturated carbocycles. The van der Waals surface area contributed by atoms with Crippen LogP contribution >= 0.6 is 0 Å². The summed E-state index contributed by atoms with van der Waals surface area (Å²) >= 11 is 0. The number of hydrogen-bond acceptors (Lipinski definition) is 17. The number of aliphatic hydroxyl groups excluding tert-OH is 2. The molecule has 0 amide bonds. The monoisotopic (exact) mass is 1030 g/mol. The van der Waals surface area contributed by atoms with Gasteiger partial charge in [-0.1, -0.05) is 47.0 Å². The molecule has 1 aliphatic carbocycles. The van der Waals surface area contributed by atoms with Gasteiger partial charge >= 0.3 is 5.97 Å². The zero-order chi connectivity index (χ0) is 52.9. The third kappa shape index (κ3) is 13.3. The fourth-order valence-electron chi connectivity index (χ4n) is 11.8. The van der Waals surface area contributed by atoms with E-state index in [9.17, 15) is 38.7 Å². The van der Waals surface area contributed by atoms with Gasteiger partial charge in [0.25, 0.3) is 0 Å².